The van der Waals surface area contributed by atoms with E-state index in [9.17, 15) is 19.0 Å². The van der Waals surface area contributed by atoms with E-state index in [-0.39, 0.29) is 32.6 Å². The van der Waals surface area contributed by atoms with Gasteiger partial charge in [0.05, 0.1) is 13.2 Å². The molecule has 0 aliphatic rings. The summed E-state index contributed by atoms with van der Waals surface area (Å²) < 4.78 is 32.6. The molecule has 10 heteroatoms. The first kappa shape index (κ1) is 47.0. The Bertz CT molecular complexity index is 949. The number of hydrogen-bond acceptors (Lipinski definition) is 8. The van der Waals surface area contributed by atoms with Crippen molar-refractivity contribution in [2.24, 2.45) is 5.73 Å². The van der Waals surface area contributed by atoms with E-state index in [0.29, 0.717) is 12.8 Å². The van der Waals surface area contributed by atoms with Crippen molar-refractivity contribution < 1.29 is 37.6 Å². The van der Waals surface area contributed by atoms with Crippen molar-refractivity contribution in [3.63, 3.8) is 0 Å². The lowest BCUT2D eigenvalue weighted by Crippen LogP contribution is -2.29. The van der Waals surface area contributed by atoms with E-state index in [4.69, 9.17) is 24.3 Å². The molecule has 0 amide bonds. The molecule has 0 heterocycles. The highest BCUT2D eigenvalue weighted by Crippen LogP contribution is 2.43. The fourth-order valence-corrected chi connectivity index (χ4v) is 5.57. The average Bonchev–Trinajstić information content (AvgIpc) is 3.08. The summed E-state index contributed by atoms with van der Waals surface area (Å²) in [4.78, 5) is 34.7. The van der Waals surface area contributed by atoms with Crippen LogP contribution in [-0.2, 0) is 32.7 Å². The van der Waals surface area contributed by atoms with E-state index >= 15 is 0 Å². The first-order chi connectivity index (χ1) is 23.8. The second-order valence-corrected chi connectivity index (χ2v) is 13.9. The van der Waals surface area contributed by atoms with Gasteiger partial charge in [0.25, 0.3) is 0 Å². The number of rotatable bonds is 35. The van der Waals surface area contributed by atoms with E-state index in [1.54, 1.807) is 0 Å². The van der Waals surface area contributed by atoms with Crippen LogP contribution in [0, 0.1) is 0 Å². The van der Waals surface area contributed by atoms with Crippen molar-refractivity contribution in [1.82, 2.24) is 0 Å². The van der Waals surface area contributed by atoms with Gasteiger partial charge in [0.2, 0.25) is 0 Å². The second kappa shape index (κ2) is 35.8. The molecular weight excluding hydrogens is 641 g/mol. The molecule has 0 spiro atoms. The summed E-state index contributed by atoms with van der Waals surface area (Å²) in [6, 6.07) is 0. The van der Waals surface area contributed by atoms with Gasteiger partial charge in [-0.05, 0) is 77.0 Å². The van der Waals surface area contributed by atoms with Crippen LogP contribution in [0.3, 0.4) is 0 Å². The van der Waals surface area contributed by atoms with Crippen LogP contribution in [0.2, 0.25) is 0 Å². The van der Waals surface area contributed by atoms with Crippen LogP contribution in [-0.4, -0.2) is 49.3 Å². The van der Waals surface area contributed by atoms with Gasteiger partial charge in [0.15, 0.2) is 6.10 Å². The van der Waals surface area contributed by atoms with Crippen molar-refractivity contribution in [2.75, 3.05) is 26.4 Å². The third-order valence-electron chi connectivity index (χ3n) is 7.69. The number of hydrogen-bond donors (Lipinski definition) is 2. The molecule has 0 aliphatic carbocycles. The third kappa shape index (κ3) is 35.6. The van der Waals surface area contributed by atoms with E-state index in [1.807, 2.05) is 0 Å². The number of carbonyl (C=O) groups excluding carboxylic acids is 2. The number of phosphoric acid groups is 1. The van der Waals surface area contributed by atoms with E-state index in [2.05, 4.69) is 62.5 Å². The molecule has 0 rings (SSSR count). The Balaban J connectivity index is 4.33. The van der Waals surface area contributed by atoms with Crippen LogP contribution in [0.4, 0.5) is 0 Å². The summed E-state index contributed by atoms with van der Waals surface area (Å²) in [6.07, 6.45) is 38.6. The molecule has 0 aromatic carbocycles. The van der Waals surface area contributed by atoms with E-state index in [0.717, 1.165) is 64.2 Å². The number of unbranched alkanes of at least 4 members (excludes halogenated alkanes) is 14. The molecule has 0 aliphatic heterocycles. The Morgan fingerprint density at radius 2 is 1.06 bits per heavy atom. The van der Waals surface area contributed by atoms with Crippen LogP contribution in [0.15, 0.2) is 48.6 Å². The van der Waals surface area contributed by atoms with Gasteiger partial charge in [0, 0.05) is 19.4 Å². The summed E-state index contributed by atoms with van der Waals surface area (Å²) >= 11 is 0. The lowest BCUT2D eigenvalue weighted by Gasteiger charge is -2.19. The van der Waals surface area contributed by atoms with Gasteiger partial charge in [-0.25, -0.2) is 4.57 Å². The maximum atomic E-state index is 12.5. The quantitative estimate of drug-likeness (QED) is 0.0285. The monoisotopic (exact) mass is 711 g/mol. The normalized spacial score (nSPS) is 14.0. The molecule has 3 N–H and O–H groups in total. The summed E-state index contributed by atoms with van der Waals surface area (Å²) in [7, 11) is -4.38. The lowest BCUT2D eigenvalue weighted by atomic mass is 10.1. The molecule has 49 heavy (non-hydrogen) atoms. The molecule has 2 atom stereocenters. The SMILES string of the molecule is CCCCC/C=C\C/C=C\C/C=C\CCCCC(=O)O[C@H](COC(=O)CCCCCCC/C=C\CCCCCC)COP(=O)(O)OCCN. The van der Waals surface area contributed by atoms with Crippen molar-refractivity contribution in [3.8, 4) is 0 Å². The van der Waals surface area contributed by atoms with Crippen molar-refractivity contribution in [2.45, 2.75) is 161 Å². The molecular formula is C39H70NO8P. The van der Waals surface area contributed by atoms with Crippen molar-refractivity contribution in [3.05, 3.63) is 48.6 Å². The fraction of sp³-hybridized carbons (Fsp3) is 0.744. The van der Waals surface area contributed by atoms with Gasteiger partial charge < -0.3 is 20.1 Å². The maximum absolute atomic E-state index is 12.5. The molecule has 1 unspecified atom stereocenters. The molecule has 284 valence electrons. The average molecular weight is 712 g/mol. The summed E-state index contributed by atoms with van der Waals surface area (Å²) in [5.41, 5.74) is 5.33. The topological polar surface area (TPSA) is 134 Å². The minimum Gasteiger partial charge on any atom is -0.462 e. The smallest absolute Gasteiger partial charge is 0.462 e. The van der Waals surface area contributed by atoms with Crippen LogP contribution in [0.1, 0.15) is 155 Å². The number of carbonyl (C=O) groups is 2. The molecule has 0 aromatic heterocycles. The summed E-state index contributed by atoms with van der Waals surface area (Å²) in [6.45, 7) is 3.61. The Hall–Kier alpha value is -2.03. The van der Waals surface area contributed by atoms with Crippen LogP contribution in [0.5, 0.6) is 0 Å². The Morgan fingerprint density at radius 3 is 1.67 bits per heavy atom. The maximum Gasteiger partial charge on any atom is 0.472 e. The van der Waals surface area contributed by atoms with Crippen molar-refractivity contribution in [1.29, 1.82) is 0 Å². The van der Waals surface area contributed by atoms with Crippen LogP contribution in [0.25, 0.3) is 0 Å². The Morgan fingerprint density at radius 1 is 0.612 bits per heavy atom. The number of ether oxygens (including phenoxy) is 2. The van der Waals surface area contributed by atoms with E-state index < -0.39 is 32.5 Å². The van der Waals surface area contributed by atoms with Crippen LogP contribution >= 0.6 is 7.82 Å². The number of esters is 2. The molecule has 0 fully saturated rings. The molecule has 0 saturated heterocycles. The predicted octanol–water partition coefficient (Wildman–Crippen LogP) is 10.4. The molecule has 0 bridgehead atoms. The minimum absolute atomic E-state index is 0.0446. The van der Waals surface area contributed by atoms with Gasteiger partial charge in [-0.2, -0.15) is 0 Å². The first-order valence-corrected chi connectivity index (χ1v) is 20.6. The van der Waals surface area contributed by atoms with E-state index in [1.165, 1.54) is 51.4 Å². The molecule has 0 aromatic rings. The third-order valence-corrected chi connectivity index (χ3v) is 8.67. The number of phosphoric ester groups is 1. The van der Waals surface area contributed by atoms with Gasteiger partial charge >= 0.3 is 19.8 Å². The largest absolute Gasteiger partial charge is 0.472 e. The van der Waals surface area contributed by atoms with Gasteiger partial charge in [0.1, 0.15) is 6.61 Å². The zero-order chi connectivity index (χ0) is 36.1. The zero-order valence-electron chi connectivity index (χ0n) is 30.9. The van der Waals surface area contributed by atoms with Crippen LogP contribution < -0.4 is 5.73 Å². The summed E-state index contributed by atoms with van der Waals surface area (Å²) in [5, 5.41) is 0. The van der Waals surface area contributed by atoms with Crippen molar-refractivity contribution >= 4 is 19.8 Å². The summed E-state index contributed by atoms with van der Waals surface area (Å²) in [5.74, 6) is -0.888. The highest BCUT2D eigenvalue weighted by atomic mass is 31.2. The predicted molar refractivity (Wildman–Crippen MR) is 201 cm³/mol. The Kier molecular flexibility index (Phi) is 34.3. The van der Waals surface area contributed by atoms with Gasteiger partial charge in [-0.3, -0.25) is 18.6 Å². The fourth-order valence-electron chi connectivity index (χ4n) is 4.81. The molecule has 0 radical (unpaired) electrons. The first-order valence-electron chi connectivity index (χ1n) is 19.1. The highest BCUT2D eigenvalue weighted by molar-refractivity contribution is 7.47. The standard InChI is InChI=1S/C39H70NO8P/c1-3-5-7-9-11-13-15-17-18-20-22-24-26-28-30-32-39(42)48-37(36-47-49(43,44)46-34-33-40)35-45-38(41)31-29-27-25-23-21-19-16-14-12-10-8-6-4-2/h11,13-14,16-18,22,24,37H,3-10,12,15,19-21,23,25-36,40H2,1-2H3,(H,43,44)/b13-11-,16-14-,18-17-,24-22-/t37-/m1/s1. The second-order valence-electron chi connectivity index (χ2n) is 12.4. The molecule has 0 saturated carbocycles. The molecule has 9 nitrogen and oxygen atoms in total. The zero-order valence-corrected chi connectivity index (χ0v) is 31.8. The number of nitrogens with two attached hydrogens (primary N) is 1. The Labute approximate surface area is 298 Å². The minimum atomic E-state index is -4.38. The van der Waals surface area contributed by atoms with Gasteiger partial charge in [-0.15, -0.1) is 0 Å². The number of allylic oxidation sites excluding steroid dienone is 8. The highest BCUT2D eigenvalue weighted by Gasteiger charge is 2.25. The van der Waals surface area contributed by atoms with Gasteiger partial charge in [-0.1, -0.05) is 114 Å². The lowest BCUT2D eigenvalue weighted by molar-refractivity contribution is -0.161.